The van der Waals surface area contributed by atoms with Gasteiger partial charge in [-0.15, -0.1) is 6.42 Å². The lowest BCUT2D eigenvalue weighted by molar-refractivity contribution is -0.137. The van der Waals surface area contributed by atoms with E-state index < -0.39 is 6.10 Å². The topological polar surface area (TPSA) is 41.6 Å². The van der Waals surface area contributed by atoms with Gasteiger partial charge in [0, 0.05) is 6.54 Å². The largest absolute Gasteiger partial charge is 0.477 e. The quantitative estimate of drug-likeness (QED) is 0.836. The molecule has 100 valence electrons. The zero-order valence-corrected chi connectivity index (χ0v) is 11.1. The number of hydrogen-bond donors (Lipinski definition) is 1. The first kappa shape index (κ1) is 13.3. The Morgan fingerprint density at radius 1 is 1.58 bits per heavy atom. The van der Waals surface area contributed by atoms with Gasteiger partial charge in [-0.1, -0.05) is 25.0 Å². The molecule has 1 N–H and O–H groups in total. The molecular formula is C15H18N2O2. The van der Waals surface area contributed by atoms with E-state index in [1.54, 1.807) is 4.90 Å². The Balaban J connectivity index is 2.07. The van der Waals surface area contributed by atoms with Crippen molar-refractivity contribution in [3.05, 3.63) is 24.3 Å². The van der Waals surface area contributed by atoms with Gasteiger partial charge >= 0.3 is 0 Å². The van der Waals surface area contributed by atoms with Crippen molar-refractivity contribution >= 4 is 11.6 Å². The first-order valence-corrected chi connectivity index (χ1v) is 6.48. The van der Waals surface area contributed by atoms with Crippen LogP contribution >= 0.6 is 0 Å². The maximum atomic E-state index is 12.4. The van der Waals surface area contributed by atoms with Crippen LogP contribution in [0, 0.1) is 12.3 Å². The number of anilines is 1. The number of carbonyl (C=O) groups is 1. The van der Waals surface area contributed by atoms with Crippen LogP contribution in [-0.4, -0.2) is 36.5 Å². The summed E-state index contributed by atoms with van der Waals surface area (Å²) in [5, 5.41) is 3.21. The fourth-order valence-corrected chi connectivity index (χ4v) is 2.10. The number of ether oxygens (including phenoxy) is 1. The van der Waals surface area contributed by atoms with Crippen molar-refractivity contribution in [3.63, 3.8) is 0 Å². The van der Waals surface area contributed by atoms with Crippen LogP contribution in [-0.2, 0) is 4.79 Å². The van der Waals surface area contributed by atoms with Gasteiger partial charge in [-0.2, -0.15) is 0 Å². The molecule has 0 saturated carbocycles. The fourth-order valence-electron chi connectivity index (χ4n) is 2.10. The summed E-state index contributed by atoms with van der Waals surface area (Å²) in [6.45, 7) is 3.48. The lowest BCUT2D eigenvalue weighted by Gasteiger charge is -2.30. The van der Waals surface area contributed by atoms with Gasteiger partial charge in [0.05, 0.1) is 18.8 Å². The van der Waals surface area contributed by atoms with Crippen LogP contribution in [0.15, 0.2) is 24.3 Å². The van der Waals surface area contributed by atoms with Crippen LogP contribution in [0.1, 0.15) is 13.3 Å². The maximum absolute atomic E-state index is 12.4. The number of benzene rings is 1. The summed E-state index contributed by atoms with van der Waals surface area (Å²) < 4.78 is 5.75. The predicted octanol–water partition coefficient (Wildman–Crippen LogP) is 1.73. The number of carbonyl (C=O) groups excluding carboxylic acids is 1. The average molecular weight is 258 g/mol. The summed E-state index contributed by atoms with van der Waals surface area (Å²) in [5.41, 5.74) is 0.922. The Bertz CT molecular complexity index is 493. The highest BCUT2D eigenvalue weighted by Gasteiger charge is 2.28. The Hall–Kier alpha value is -2.15. The molecule has 0 bridgehead atoms. The van der Waals surface area contributed by atoms with Crippen molar-refractivity contribution in [2.45, 2.75) is 19.4 Å². The highest BCUT2D eigenvalue weighted by Crippen LogP contribution is 2.28. The minimum Gasteiger partial charge on any atom is -0.477 e. The third-order valence-corrected chi connectivity index (χ3v) is 3.00. The van der Waals surface area contributed by atoms with Gasteiger partial charge in [-0.25, -0.2) is 0 Å². The minimum absolute atomic E-state index is 0.0539. The molecule has 2 rings (SSSR count). The van der Waals surface area contributed by atoms with Crippen molar-refractivity contribution in [3.8, 4) is 18.1 Å². The smallest absolute Gasteiger partial charge is 0.266 e. The highest BCUT2D eigenvalue weighted by molar-refractivity contribution is 5.83. The van der Waals surface area contributed by atoms with Crippen molar-refractivity contribution in [2.24, 2.45) is 0 Å². The predicted molar refractivity (Wildman–Crippen MR) is 75.1 cm³/mol. The van der Waals surface area contributed by atoms with E-state index >= 15 is 0 Å². The van der Waals surface area contributed by atoms with E-state index in [2.05, 4.69) is 11.2 Å². The normalized spacial score (nSPS) is 16.5. The number of terminal acetylenes is 1. The molecule has 1 amide bonds. The number of nitrogens with zero attached hydrogens (tertiary/aromatic N) is 1. The van der Waals surface area contributed by atoms with Crippen LogP contribution in [0.5, 0.6) is 5.75 Å². The fraction of sp³-hybridized carbons (Fsp3) is 0.400. The lowest BCUT2D eigenvalue weighted by Crippen LogP contribution is -2.47. The monoisotopic (exact) mass is 258 g/mol. The number of rotatable bonds is 4. The second-order valence-electron chi connectivity index (χ2n) is 4.45. The molecule has 1 atom stereocenters. The number of para-hydroxylation sites is 2. The van der Waals surface area contributed by atoms with Gasteiger partial charge in [0.25, 0.3) is 5.91 Å². The second kappa shape index (κ2) is 6.14. The third-order valence-electron chi connectivity index (χ3n) is 3.00. The average Bonchev–Trinajstić information content (AvgIpc) is 2.46. The summed E-state index contributed by atoms with van der Waals surface area (Å²) in [6.07, 6.45) is 5.68. The number of amides is 1. The zero-order chi connectivity index (χ0) is 13.7. The molecule has 4 heteroatoms. The van der Waals surface area contributed by atoms with Crippen LogP contribution in [0.3, 0.4) is 0 Å². The van der Waals surface area contributed by atoms with E-state index in [9.17, 15) is 4.79 Å². The molecule has 1 aliphatic rings. The number of hydrogen-bond acceptors (Lipinski definition) is 3. The SMILES string of the molecule is C#CCN(CCC)C(=O)C1CNc2ccccc2O1. The van der Waals surface area contributed by atoms with Crippen LogP contribution < -0.4 is 10.1 Å². The molecule has 1 heterocycles. The molecule has 1 aromatic rings. The summed E-state index contributed by atoms with van der Waals surface area (Å²) in [7, 11) is 0. The molecule has 0 aromatic heterocycles. The first-order valence-electron chi connectivity index (χ1n) is 6.48. The Kier molecular flexibility index (Phi) is 4.30. The molecule has 0 radical (unpaired) electrons. The minimum atomic E-state index is -0.505. The molecule has 19 heavy (non-hydrogen) atoms. The standard InChI is InChI=1S/C15H18N2O2/c1-3-9-17(10-4-2)15(18)14-11-16-12-7-5-6-8-13(12)19-14/h1,5-8,14,16H,4,9-11H2,2H3. The molecule has 1 aromatic carbocycles. The van der Waals surface area contributed by atoms with E-state index in [0.29, 0.717) is 25.4 Å². The molecule has 0 fully saturated rings. The van der Waals surface area contributed by atoms with Crippen LogP contribution in [0.2, 0.25) is 0 Å². The first-order chi connectivity index (χ1) is 9.26. The molecule has 0 saturated heterocycles. The van der Waals surface area contributed by atoms with Crippen molar-refractivity contribution in [1.82, 2.24) is 4.90 Å². The van der Waals surface area contributed by atoms with Gasteiger partial charge in [-0.05, 0) is 18.6 Å². The van der Waals surface area contributed by atoms with Gasteiger partial charge in [-0.3, -0.25) is 4.79 Å². The lowest BCUT2D eigenvalue weighted by atomic mass is 10.2. The van der Waals surface area contributed by atoms with E-state index in [-0.39, 0.29) is 5.91 Å². The summed E-state index contributed by atoms with van der Waals surface area (Å²) in [5.74, 6) is 3.18. The summed E-state index contributed by atoms with van der Waals surface area (Å²) in [4.78, 5) is 14.0. The van der Waals surface area contributed by atoms with Crippen LogP contribution in [0.4, 0.5) is 5.69 Å². The summed E-state index contributed by atoms with van der Waals surface area (Å²) >= 11 is 0. The summed E-state index contributed by atoms with van der Waals surface area (Å²) in [6, 6.07) is 7.60. The van der Waals surface area contributed by atoms with Crippen molar-refractivity contribution < 1.29 is 9.53 Å². The molecule has 0 aliphatic carbocycles. The van der Waals surface area contributed by atoms with E-state index in [4.69, 9.17) is 11.2 Å². The van der Waals surface area contributed by atoms with E-state index in [1.807, 2.05) is 31.2 Å². The van der Waals surface area contributed by atoms with Crippen molar-refractivity contribution in [1.29, 1.82) is 0 Å². The zero-order valence-electron chi connectivity index (χ0n) is 11.1. The van der Waals surface area contributed by atoms with Gasteiger partial charge < -0.3 is 15.0 Å². The van der Waals surface area contributed by atoms with E-state index in [1.165, 1.54) is 0 Å². The van der Waals surface area contributed by atoms with Gasteiger partial charge in [0.1, 0.15) is 5.75 Å². The Morgan fingerprint density at radius 2 is 2.37 bits per heavy atom. The maximum Gasteiger partial charge on any atom is 0.266 e. The van der Waals surface area contributed by atoms with E-state index in [0.717, 1.165) is 12.1 Å². The van der Waals surface area contributed by atoms with Crippen molar-refractivity contribution in [2.75, 3.05) is 25.0 Å². The highest BCUT2D eigenvalue weighted by atomic mass is 16.5. The Morgan fingerprint density at radius 3 is 3.11 bits per heavy atom. The van der Waals surface area contributed by atoms with Gasteiger partial charge in [0.15, 0.2) is 6.10 Å². The molecule has 1 unspecified atom stereocenters. The van der Waals surface area contributed by atoms with Crippen LogP contribution in [0.25, 0.3) is 0 Å². The number of nitrogens with one attached hydrogen (secondary N) is 1. The molecular weight excluding hydrogens is 240 g/mol. The molecule has 1 aliphatic heterocycles. The van der Waals surface area contributed by atoms with Gasteiger partial charge in [0.2, 0.25) is 0 Å². The second-order valence-corrected chi connectivity index (χ2v) is 4.45. The molecule has 0 spiro atoms. The third kappa shape index (κ3) is 3.00. The number of fused-ring (bicyclic) bond motifs is 1. The Labute approximate surface area is 113 Å². The molecule has 4 nitrogen and oxygen atoms in total.